The van der Waals surface area contributed by atoms with E-state index in [1.165, 1.54) is 77.0 Å². The first-order chi connectivity index (χ1) is 10.8. The molecule has 0 aliphatic carbocycles. The third-order valence-electron chi connectivity index (χ3n) is 5.04. The number of epoxide rings is 1. The van der Waals surface area contributed by atoms with Gasteiger partial charge in [0, 0.05) is 6.61 Å². The van der Waals surface area contributed by atoms with Gasteiger partial charge in [-0.3, -0.25) is 0 Å². The zero-order chi connectivity index (χ0) is 16.1. The van der Waals surface area contributed by atoms with Crippen LogP contribution in [-0.2, 0) is 9.47 Å². The molecular weight excluding hydrogens is 272 g/mol. The average Bonchev–Trinajstić information content (AvgIpc) is 3.22. The molecule has 0 amide bonds. The van der Waals surface area contributed by atoms with Crippen molar-refractivity contribution in [2.24, 2.45) is 0 Å². The molecule has 0 spiro atoms. The maximum Gasteiger partial charge on any atom is 0.118 e. The van der Waals surface area contributed by atoms with E-state index < -0.39 is 0 Å². The van der Waals surface area contributed by atoms with Crippen LogP contribution in [0.1, 0.15) is 104 Å². The van der Waals surface area contributed by atoms with Gasteiger partial charge in [0.1, 0.15) is 5.60 Å². The van der Waals surface area contributed by atoms with Crippen LogP contribution in [-0.4, -0.2) is 24.9 Å². The molecule has 0 saturated carbocycles. The summed E-state index contributed by atoms with van der Waals surface area (Å²) < 4.78 is 11.7. The summed E-state index contributed by atoms with van der Waals surface area (Å²) in [6.45, 7) is 8.46. The van der Waals surface area contributed by atoms with Crippen molar-refractivity contribution in [1.82, 2.24) is 0 Å². The Morgan fingerprint density at radius 3 is 1.91 bits per heavy atom. The summed E-state index contributed by atoms with van der Waals surface area (Å²) in [6, 6.07) is 0. The summed E-state index contributed by atoms with van der Waals surface area (Å²) in [6.07, 6.45) is 17.8. The zero-order valence-corrected chi connectivity index (χ0v) is 15.5. The van der Waals surface area contributed by atoms with Crippen molar-refractivity contribution >= 4 is 0 Å². The SMILES string of the molecule is CCCCCCCCCCCCOCC1(CC)OC1CCC. The monoisotopic (exact) mass is 312 g/mol. The second kappa shape index (κ2) is 12.4. The minimum Gasteiger partial charge on any atom is -0.378 e. The Kier molecular flexibility index (Phi) is 11.2. The maximum atomic E-state index is 5.88. The lowest BCUT2D eigenvalue weighted by Gasteiger charge is -2.11. The highest BCUT2D eigenvalue weighted by molar-refractivity contribution is 5.01. The summed E-state index contributed by atoms with van der Waals surface area (Å²) in [5.74, 6) is 0. The molecule has 0 radical (unpaired) electrons. The Morgan fingerprint density at radius 2 is 1.36 bits per heavy atom. The topological polar surface area (TPSA) is 21.8 Å². The molecule has 1 rings (SSSR count). The van der Waals surface area contributed by atoms with Crippen molar-refractivity contribution in [3.05, 3.63) is 0 Å². The third-order valence-corrected chi connectivity index (χ3v) is 5.04. The van der Waals surface area contributed by atoms with Gasteiger partial charge in [0.15, 0.2) is 0 Å². The van der Waals surface area contributed by atoms with Gasteiger partial charge in [-0.05, 0) is 19.3 Å². The molecule has 0 bridgehead atoms. The number of rotatable bonds is 16. The van der Waals surface area contributed by atoms with E-state index in [9.17, 15) is 0 Å². The molecule has 1 saturated heterocycles. The molecule has 22 heavy (non-hydrogen) atoms. The first-order valence-electron chi connectivity index (χ1n) is 10.0. The minimum absolute atomic E-state index is 0.0779. The Hall–Kier alpha value is -0.0800. The minimum atomic E-state index is 0.0779. The number of ether oxygens (including phenoxy) is 2. The summed E-state index contributed by atoms with van der Waals surface area (Å²) in [5.41, 5.74) is 0.0779. The van der Waals surface area contributed by atoms with Gasteiger partial charge in [0.05, 0.1) is 12.7 Å². The van der Waals surface area contributed by atoms with Gasteiger partial charge < -0.3 is 9.47 Å². The Bertz CT molecular complexity index is 254. The molecule has 2 heteroatoms. The zero-order valence-electron chi connectivity index (χ0n) is 15.5. The number of hydrogen-bond acceptors (Lipinski definition) is 2. The fourth-order valence-corrected chi connectivity index (χ4v) is 3.31. The predicted molar refractivity (Wildman–Crippen MR) is 95.5 cm³/mol. The first-order valence-corrected chi connectivity index (χ1v) is 10.0. The molecule has 1 heterocycles. The fourth-order valence-electron chi connectivity index (χ4n) is 3.31. The van der Waals surface area contributed by atoms with Crippen molar-refractivity contribution in [3.63, 3.8) is 0 Å². The Morgan fingerprint density at radius 1 is 0.773 bits per heavy atom. The van der Waals surface area contributed by atoms with Crippen molar-refractivity contribution in [3.8, 4) is 0 Å². The van der Waals surface area contributed by atoms with Crippen LogP contribution in [0, 0.1) is 0 Å². The van der Waals surface area contributed by atoms with Crippen LogP contribution in [0.2, 0.25) is 0 Å². The number of unbranched alkanes of at least 4 members (excludes halogenated alkanes) is 9. The van der Waals surface area contributed by atoms with E-state index >= 15 is 0 Å². The largest absolute Gasteiger partial charge is 0.378 e. The van der Waals surface area contributed by atoms with Crippen LogP contribution < -0.4 is 0 Å². The quantitative estimate of drug-likeness (QED) is 0.247. The standard InChI is InChI=1S/C20H40O2/c1-4-7-8-9-10-11-12-13-14-15-17-21-18-20(6-3)19(22-20)16-5-2/h19H,4-18H2,1-3H3. The Balaban J connectivity index is 1.82. The van der Waals surface area contributed by atoms with E-state index in [-0.39, 0.29) is 5.60 Å². The van der Waals surface area contributed by atoms with Gasteiger partial charge >= 0.3 is 0 Å². The molecule has 1 aliphatic rings. The van der Waals surface area contributed by atoms with E-state index in [4.69, 9.17) is 9.47 Å². The van der Waals surface area contributed by atoms with Gasteiger partial charge in [-0.15, -0.1) is 0 Å². The summed E-state index contributed by atoms with van der Waals surface area (Å²) in [4.78, 5) is 0. The molecule has 2 nitrogen and oxygen atoms in total. The van der Waals surface area contributed by atoms with Gasteiger partial charge in [0.2, 0.25) is 0 Å². The van der Waals surface area contributed by atoms with E-state index in [0.29, 0.717) is 6.10 Å². The lowest BCUT2D eigenvalue weighted by molar-refractivity contribution is 0.0742. The number of hydrogen-bond donors (Lipinski definition) is 0. The molecule has 1 fully saturated rings. The molecule has 1 aliphatic heterocycles. The van der Waals surface area contributed by atoms with Crippen LogP contribution in [0.3, 0.4) is 0 Å². The first kappa shape index (κ1) is 20.0. The van der Waals surface area contributed by atoms with E-state index in [2.05, 4.69) is 20.8 Å². The van der Waals surface area contributed by atoms with Crippen molar-refractivity contribution < 1.29 is 9.47 Å². The second-order valence-electron chi connectivity index (χ2n) is 7.05. The van der Waals surface area contributed by atoms with Gasteiger partial charge in [0.25, 0.3) is 0 Å². The molecular formula is C20H40O2. The predicted octanol–water partition coefficient (Wildman–Crippen LogP) is 6.27. The summed E-state index contributed by atoms with van der Waals surface area (Å²) in [5, 5.41) is 0. The summed E-state index contributed by atoms with van der Waals surface area (Å²) in [7, 11) is 0. The van der Waals surface area contributed by atoms with Gasteiger partial charge in [-0.1, -0.05) is 85.0 Å². The Labute approximate surface area is 139 Å². The van der Waals surface area contributed by atoms with Crippen LogP contribution in [0.5, 0.6) is 0 Å². The van der Waals surface area contributed by atoms with Crippen molar-refractivity contribution in [1.29, 1.82) is 0 Å². The van der Waals surface area contributed by atoms with Crippen LogP contribution in [0.15, 0.2) is 0 Å². The molecule has 2 unspecified atom stereocenters. The van der Waals surface area contributed by atoms with Crippen molar-refractivity contribution in [2.75, 3.05) is 13.2 Å². The smallest absolute Gasteiger partial charge is 0.118 e. The molecule has 0 aromatic heterocycles. The molecule has 0 aromatic carbocycles. The molecule has 2 atom stereocenters. The van der Waals surface area contributed by atoms with E-state index in [0.717, 1.165) is 19.6 Å². The van der Waals surface area contributed by atoms with E-state index in [1.54, 1.807) is 0 Å². The van der Waals surface area contributed by atoms with Gasteiger partial charge in [-0.2, -0.15) is 0 Å². The lowest BCUT2D eigenvalue weighted by atomic mass is 10.0. The molecule has 132 valence electrons. The second-order valence-corrected chi connectivity index (χ2v) is 7.05. The highest BCUT2D eigenvalue weighted by atomic mass is 16.6. The van der Waals surface area contributed by atoms with Gasteiger partial charge in [-0.25, -0.2) is 0 Å². The van der Waals surface area contributed by atoms with E-state index in [1.807, 2.05) is 0 Å². The third kappa shape index (κ3) is 7.97. The normalized spacial score (nSPS) is 23.9. The van der Waals surface area contributed by atoms with Crippen LogP contribution >= 0.6 is 0 Å². The highest BCUT2D eigenvalue weighted by Gasteiger charge is 2.54. The summed E-state index contributed by atoms with van der Waals surface area (Å²) >= 11 is 0. The fraction of sp³-hybridized carbons (Fsp3) is 1.00. The highest BCUT2D eigenvalue weighted by Crippen LogP contribution is 2.42. The van der Waals surface area contributed by atoms with Crippen LogP contribution in [0.4, 0.5) is 0 Å². The molecule has 0 aromatic rings. The van der Waals surface area contributed by atoms with Crippen LogP contribution in [0.25, 0.3) is 0 Å². The van der Waals surface area contributed by atoms with Crippen molar-refractivity contribution in [2.45, 2.75) is 116 Å². The molecule has 0 N–H and O–H groups in total. The average molecular weight is 313 g/mol. The lowest BCUT2D eigenvalue weighted by Crippen LogP contribution is -2.22. The maximum absolute atomic E-state index is 5.88.